The summed E-state index contributed by atoms with van der Waals surface area (Å²) in [5.41, 5.74) is 5.48. The Morgan fingerprint density at radius 1 is 1.29 bits per heavy atom. The molecular weight excluding hydrogens is 216 g/mol. The van der Waals surface area contributed by atoms with E-state index in [1.807, 2.05) is 0 Å². The number of carbonyl (C=O) groups excluding carboxylic acids is 1. The molecule has 0 aromatic heterocycles. The van der Waals surface area contributed by atoms with Gasteiger partial charge in [-0.3, -0.25) is 4.79 Å². The van der Waals surface area contributed by atoms with E-state index >= 15 is 0 Å². The summed E-state index contributed by atoms with van der Waals surface area (Å²) < 4.78 is 0. The minimum absolute atomic E-state index is 0.128. The molecule has 2 aliphatic carbocycles. The zero-order valence-electron chi connectivity index (χ0n) is 10.5. The minimum Gasteiger partial charge on any atom is -0.396 e. The van der Waals surface area contributed by atoms with Crippen LogP contribution in [0.1, 0.15) is 44.9 Å². The summed E-state index contributed by atoms with van der Waals surface area (Å²) in [4.78, 5) is 12.3. The first-order chi connectivity index (χ1) is 8.22. The van der Waals surface area contributed by atoms with Crippen LogP contribution in [0.4, 0.5) is 0 Å². The second-order valence-electron chi connectivity index (χ2n) is 5.65. The SMILES string of the molecule is NCC1(C(=O)NC2CCCC2CO)CCCC1. The van der Waals surface area contributed by atoms with Crippen LogP contribution in [0.25, 0.3) is 0 Å². The van der Waals surface area contributed by atoms with E-state index in [4.69, 9.17) is 5.73 Å². The van der Waals surface area contributed by atoms with Gasteiger partial charge in [-0.25, -0.2) is 0 Å². The highest BCUT2D eigenvalue weighted by Gasteiger charge is 2.41. The average molecular weight is 240 g/mol. The van der Waals surface area contributed by atoms with Crippen LogP contribution in [0.2, 0.25) is 0 Å². The third kappa shape index (κ3) is 2.47. The van der Waals surface area contributed by atoms with Gasteiger partial charge in [0.2, 0.25) is 5.91 Å². The number of aliphatic hydroxyl groups excluding tert-OH is 1. The van der Waals surface area contributed by atoms with E-state index < -0.39 is 0 Å². The maximum Gasteiger partial charge on any atom is 0.227 e. The molecule has 0 bridgehead atoms. The molecule has 0 aromatic rings. The van der Waals surface area contributed by atoms with E-state index in [2.05, 4.69) is 5.32 Å². The summed E-state index contributed by atoms with van der Waals surface area (Å²) in [6, 6.07) is 0.163. The molecule has 0 radical (unpaired) electrons. The molecule has 1 amide bonds. The largest absolute Gasteiger partial charge is 0.396 e. The zero-order valence-corrected chi connectivity index (χ0v) is 10.5. The molecule has 0 aromatic carbocycles. The van der Waals surface area contributed by atoms with Crippen molar-refractivity contribution in [2.24, 2.45) is 17.1 Å². The molecule has 4 heteroatoms. The van der Waals surface area contributed by atoms with Gasteiger partial charge in [0, 0.05) is 25.1 Å². The van der Waals surface area contributed by atoms with Gasteiger partial charge < -0.3 is 16.2 Å². The van der Waals surface area contributed by atoms with Gasteiger partial charge in [-0.2, -0.15) is 0 Å². The predicted octanol–water partition coefficient (Wildman–Crippen LogP) is 0.783. The number of hydrogen-bond donors (Lipinski definition) is 3. The molecule has 2 aliphatic rings. The number of amides is 1. The van der Waals surface area contributed by atoms with Crippen LogP contribution in [-0.4, -0.2) is 30.2 Å². The van der Waals surface area contributed by atoms with Crippen LogP contribution in [-0.2, 0) is 4.79 Å². The van der Waals surface area contributed by atoms with Crippen LogP contribution in [0.3, 0.4) is 0 Å². The summed E-state index contributed by atoms with van der Waals surface area (Å²) >= 11 is 0. The number of carbonyl (C=O) groups is 1. The van der Waals surface area contributed by atoms with Gasteiger partial charge >= 0.3 is 0 Å². The summed E-state index contributed by atoms with van der Waals surface area (Å²) in [6.07, 6.45) is 7.19. The highest BCUT2D eigenvalue weighted by Crippen LogP contribution is 2.38. The minimum atomic E-state index is -0.317. The fourth-order valence-corrected chi connectivity index (χ4v) is 3.34. The van der Waals surface area contributed by atoms with Gasteiger partial charge in [-0.05, 0) is 25.7 Å². The monoisotopic (exact) mass is 240 g/mol. The Morgan fingerprint density at radius 3 is 2.59 bits per heavy atom. The van der Waals surface area contributed by atoms with Crippen LogP contribution in [0, 0.1) is 11.3 Å². The summed E-state index contributed by atoms with van der Waals surface area (Å²) in [5.74, 6) is 0.373. The molecule has 2 saturated carbocycles. The van der Waals surface area contributed by atoms with Gasteiger partial charge in [0.1, 0.15) is 0 Å². The van der Waals surface area contributed by atoms with Gasteiger partial charge in [-0.1, -0.05) is 19.3 Å². The highest BCUT2D eigenvalue weighted by molar-refractivity contribution is 5.83. The fraction of sp³-hybridized carbons (Fsp3) is 0.923. The van der Waals surface area contributed by atoms with Crippen LogP contribution in [0.5, 0.6) is 0 Å². The molecule has 0 aliphatic heterocycles. The molecule has 2 rings (SSSR count). The lowest BCUT2D eigenvalue weighted by Crippen LogP contribution is -2.49. The molecule has 17 heavy (non-hydrogen) atoms. The quantitative estimate of drug-likeness (QED) is 0.680. The molecule has 2 unspecified atom stereocenters. The topological polar surface area (TPSA) is 75.4 Å². The first kappa shape index (κ1) is 12.8. The Morgan fingerprint density at radius 2 is 2.00 bits per heavy atom. The van der Waals surface area contributed by atoms with Crippen molar-refractivity contribution >= 4 is 5.91 Å². The molecule has 0 saturated heterocycles. The Balaban J connectivity index is 1.96. The van der Waals surface area contributed by atoms with Crippen molar-refractivity contribution in [3.05, 3.63) is 0 Å². The van der Waals surface area contributed by atoms with Gasteiger partial charge in [0.25, 0.3) is 0 Å². The van der Waals surface area contributed by atoms with E-state index in [-0.39, 0.29) is 29.9 Å². The maximum absolute atomic E-state index is 12.3. The first-order valence-corrected chi connectivity index (χ1v) is 6.84. The van der Waals surface area contributed by atoms with Crippen molar-refractivity contribution in [2.75, 3.05) is 13.2 Å². The Hall–Kier alpha value is -0.610. The lowest BCUT2D eigenvalue weighted by molar-refractivity contribution is -0.131. The molecule has 2 fully saturated rings. The van der Waals surface area contributed by atoms with Crippen molar-refractivity contribution < 1.29 is 9.90 Å². The van der Waals surface area contributed by atoms with Crippen molar-refractivity contribution in [1.29, 1.82) is 0 Å². The number of hydrogen-bond acceptors (Lipinski definition) is 3. The average Bonchev–Trinajstić information content (AvgIpc) is 2.97. The van der Waals surface area contributed by atoms with Crippen molar-refractivity contribution in [1.82, 2.24) is 5.32 Å². The van der Waals surface area contributed by atoms with Crippen molar-refractivity contribution in [3.8, 4) is 0 Å². The second kappa shape index (κ2) is 5.36. The van der Waals surface area contributed by atoms with Crippen LogP contribution >= 0.6 is 0 Å². The number of nitrogens with two attached hydrogens (primary N) is 1. The van der Waals surface area contributed by atoms with Crippen LogP contribution < -0.4 is 11.1 Å². The van der Waals surface area contributed by atoms with Crippen molar-refractivity contribution in [3.63, 3.8) is 0 Å². The smallest absolute Gasteiger partial charge is 0.227 e. The zero-order chi connectivity index (χ0) is 12.3. The maximum atomic E-state index is 12.3. The molecule has 0 heterocycles. The Labute approximate surface area is 103 Å². The van der Waals surface area contributed by atoms with E-state index in [1.165, 1.54) is 0 Å². The highest BCUT2D eigenvalue weighted by atomic mass is 16.3. The standard InChI is InChI=1S/C13H24N2O2/c14-9-13(6-1-2-7-13)12(17)15-11-5-3-4-10(11)8-16/h10-11,16H,1-9,14H2,(H,15,17). The molecular formula is C13H24N2O2. The van der Waals surface area contributed by atoms with Crippen molar-refractivity contribution in [2.45, 2.75) is 51.0 Å². The van der Waals surface area contributed by atoms with E-state index in [1.54, 1.807) is 0 Å². The van der Waals surface area contributed by atoms with E-state index in [0.29, 0.717) is 6.54 Å². The molecule has 0 spiro atoms. The molecule has 98 valence electrons. The molecule has 2 atom stereocenters. The second-order valence-corrected chi connectivity index (χ2v) is 5.65. The third-order valence-corrected chi connectivity index (χ3v) is 4.64. The fourth-order valence-electron chi connectivity index (χ4n) is 3.34. The first-order valence-electron chi connectivity index (χ1n) is 6.84. The molecule has 4 N–H and O–H groups in total. The van der Waals surface area contributed by atoms with Gasteiger partial charge in [0.05, 0.1) is 5.41 Å². The van der Waals surface area contributed by atoms with Crippen LogP contribution in [0.15, 0.2) is 0 Å². The van der Waals surface area contributed by atoms with Gasteiger partial charge in [0.15, 0.2) is 0 Å². The summed E-state index contributed by atoms with van der Waals surface area (Å²) in [6.45, 7) is 0.635. The summed E-state index contributed by atoms with van der Waals surface area (Å²) in [7, 11) is 0. The molecule has 4 nitrogen and oxygen atoms in total. The lowest BCUT2D eigenvalue weighted by atomic mass is 9.84. The summed E-state index contributed by atoms with van der Waals surface area (Å²) in [5, 5.41) is 12.4. The number of rotatable bonds is 4. The Kier molecular flexibility index (Phi) is 4.05. The van der Waals surface area contributed by atoms with E-state index in [0.717, 1.165) is 44.9 Å². The Bertz CT molecular complexity index is 275. The lowest BCUT2D eigenvalue weighted by Gasteiger charge is -2.29. The van der Waals surface area contributed by atoms with Gasteiger partial charge in [-0.15, -0.1) is 0 Å². The normalized spacial score (nSPS) is 31.6. The number of nitrogens with one attached hydrogen (secondary N) is 1. The number of aliphatic hydroxyl groups is 1. The third-order valence-electron chi connectivity index (χ3n) is 4.64. The predicted molar refractivity (Wildman–Crippen MR) is 66.3 cm³/mol. The van der Waals surface area contributed by atoms with E-state index in [9.17, 15) is 9.90 Å².